The highest BCUT2D eigenvalue weighted by atomic mass is 32.2. The lowest BCUT2D eigenvalue weighted by Crippen LogP contribution is -2.35. The number of aliphatic hydroxyl groups is 1. The molecule has 17 heteroatoms. The molecule has 0 bridgehead atoms. The highest BCUT2D eigenvalue weighted by Crippen LogP contribution is 2.17. The molecule has 0 aliphatic carbocycles. The van der Waals surface area contributed by atoms with Crippen molar-refractivity contribution in [2.45, 2.75) is 105 Å². The number of thiocarbonyl (C=S) groups is 1. The molecule has 4 N–H and O–H groups in total. The summed E-state index contributed by atoms with van der Waals surface area (Å²) < 4.78 is 20.5. The summed E-state index contributed by atoms with van der Waals surface area (Å²) in [5, 5.41) is 18.1. The Morgan fingerprint density at radius 1 is 0.630 bits per heavy atom. The van der Waals surface area contributed by atoms with E-state index in [0.717, 1.165) is 0 Å². The molecule has 0 unspecified atom stereocenters. The SMILES string of the molecule is CC(C)(C)OC(=O)NCCOC(=S)CCC(=O)S.CC(C)(C)OC(=O)NCCS(CCNC(=O)OC(C)(C)C)=C(O)CCC(=O)S. The Morgan fingerprint density at radius 2 is 0.978 bits per heavy atom. The third-order valence-corrected chi connectivity index (χ3v) is 7.53. The van der Waals surface area contributed by atoms with Gasteiger partial charge in [-0.1, -0.05) is 0 Å². The smallest absolute Gasteiger partial charge is 0.407 e. The van der Waals surface area contributed by atoms with Crippen LogP contribution in [0.2, 0.25) is 0 Å². The number of amides is 3. The molecule has 268 valence electrons. The van der Waals surface area contributed by atoms with Gasteiger partial charge in [0.15, 0.2) is 15.3 Å². The number of carbonyl (C=O) groups is 5. The van der Waals surface area contributed by atoms with Crippen molar-refractivity contribution >= 4 is 86.6 Å². The second kappa shape index (κ2) is 23.3. The summed E-state index contributed by atoms with van der Waals surface area (Å²) >= 11 is 12.2. The minimum atomic E-state index is -0.619. The predicted octanol–water partition coefficient (Wildman–Crippen LogP) is 5.32. The molecule has 0 heterocycles. The quantitative estimate of drug-likeness (QED) is 0.0556. The van der Waals surface area contributed by atoms with Gasteiger partial charge in [0.05, 0.1) is 11.6 Å². The molecule has 46 heavy (non-hydrogen) atoms. The van der Waals surface area contributed by atoms with Gasteiger partial charge in [0.1, 0.15) is 23.4 Å². The van der Waals surface area contributed by atoms with Gasteiger partial charge >= 0.3 is 18.3 Å². The highest BCUT2D eigenvalue weighted by molar-refractivity contribution is 8.15. The van der Waals surface area contributed by atoms with Crippen LogP contribution < -0.4 is 16.0 Å². The minimum absolute atomic E-state index is 0.122. The van der Waals surface area contributed by atoms with E-state index >= 15 is 0 Å². The van der Waals surface area contributed by atoms with Gasteiger partial charge in [-0.25, -0.2) is 14.4 Å². The van der Waals surface area contributed by atoms with Crippen LogP contribution >= 0.6 is 48.0 Å². The van der Waals surface area contributed by atoms with E-state index in [4.69, 9.17) is 31.2 Å². The first-order chi connectivity index (χ1) is 20.9. The molecule has 0 saturated heterocycles. The Balaban J connectivity index is 0. The summed E-state index contributed by atoms with van der Waals surface area (Å²) in [5.41, 5.74) is -1.71. The van der Waals surface area contributed by atoms with Crippen LogP contribution in [-0.2, 0) is 28.5 Å². The van der Waals surface area contributed by atoms with Crippen LogP contribution in [0.1, 0.15) is 88.0 Å². The maximum absolute atomic E-state index is 11.7. The predicted molar refractivity (Wildman–Crippen MR) is 193 cm³/mol. The number of aliphatic hydroxyl groups excluding tert-OH is 1. The van der Waals surface area contributed by atoms with E-state index in [1.165, 1.54) is 0 Å². The normalized spacial score (nSPS) is 11.3. The molecule has 0 spiro atoms. The summed E-state index contributed by atoms with van der Waals surface area (Å²) in [6, 6.07) is 0. The average molecular weight is 732 g/mol. The molecule has 0 rings (SSSR count). The van der Waals surface area contributed by atoms with Crippen molar-refractivity contribution in [3.63, 3.8) is 0 Å². The zero-order valence-corrected chi connectivity index (χ0v) is 31.8. The van der Waals surface area contributed by atoms with Gasteiger partial charge in [-0.3, -0.25) is 9.59 Å². The molecule has 0 aliphatic rings. The number of alkyl carbamates (subject to hydrolysis) is 3. The lowest BCUT2D eigenvalue weighted by molar-refractivity contribution is -0.111. The van der Waals surface area contributed by atoms with E-state index in [1.807, 2.05) is 0 Å². The molecule has 3 amide bonds. The standard InChI is InChI=1S/C18H34N2O6S2.C11H19NO4S2/c1-17(2,3)25-15(23)19-9-11-28(14(22)8-7-13(21)27)12-10-20-16(24)26-18(4,5)6;1-11(2,3)16-10(14)12-6-7-15-9(18)5-4-8(13)17/h22H,7-12H2,1-6H3,(H,19,23)(H,20,24)(H,21,27);4-7H2,1-3H3,(H,12,14)(H,13,17). The maximum Gasteiger partial charge on any atom is 0.407 e. The fourth-order valence-electron chi connectivity index (χ4n) is 2.79. The van der Waals surface area contributed by atoms with Crippen molar-refractivity contribution in [3.05, 3.63) is 0 Å². The molecule has 0 aliphatic heterocycles. The third-order valence-electron chi connectivity index (χ3n) is 4.50. The first-order valence-corrected chi connectivity index (χ1v) is 17.5. The van der Waals surface area contributed by atoms with Crippen LogP contribution in [0.15, 0.2) is 0 Å². The molecule has 0 saturated carbocycles. The summed E-state index contributed by atoms with van der Waals surface area (Å²) in [7, 11) is -0.619. The second-order valence-corrected chi connectivity index (χ2v) is 16.3. The number of ether oxygens (including phenoxy) is 4. The number of nitrogens with one attached hydrogen (secondary N) is 3. The van der Waals surface area contributed by atoms with E-state index in [-0.39, 0.29) is 41.2 Å². The van der Waals surface area contributed by atoms with Crippen molar-refractivity contribution in [2.75, 3.05) is 37.7 Å². The molecule has 0 atom stereocenters. The Kier molecular flexibility index (Phi) is 23.3. The van der Waals surface area contributed by atoms with Gasteiger partial charge in [0.25, 0.3) is 0 Å². The van der Waals surface area contributed by atoms with Gasteiger partial charge in [0, 0.05) is 50.3 Å². The van der Waals surface area contributed by atoms with Crippen LogP contribution in [0.3, 0.4) is 0 Å². The Morgan fingerprint density at radius 3 is 1.33 bits per heavy atom. The van der Waals surface area contributed by atoms with Gasteiger partial charge < -0.3 is 40.0 Å². The molecular formula is C29H53N3O10S4. The second-order valence-electron chi connectivity index (χ2n) is 12.6. The Bertz CT molecular complexity index is 1010. The average Bonchev–Trinajstić information content (AvgIpc) is 2.84. The number of hydrogen-bond acceptors (Lipinski definition) is 10. The van der Waals surface area contributed by atoms with Crippen LogP contribution in [0, 0.1) is 0 Å². The van der Waals surface area contributed by atoms with E-state index in [9.17, 15) is 29.1 Å². The van der Waals surface area contributed by atoms with E-state index < -0.39 is 45.6 Å². The molecule has 0 aromatic carbocycles. The zero-order valence-electron chi connectivity index (χ0n) is 28.4. The van der Waals surface area contributed by atoms with Gasteiger partial charge in [0.2, 0.25) is 0 Å². The van der Waals surface area contributed by atoms with Crippen molar-refractivity contribution < 1.29 is 48.0 Å². The molecule has 0 aromatic heterocycles. The summed E-state index contributed by atoms with van der Waals surface area (Å²) in [6.07, 6.45) is -0.628. The number of thiol groups is 2. The largest absolute Gasteiger partial charge is 0.485 e. The summed E-state index contributed by atoms with van der Waals surface area (Å²) in [6.45, 7) is 17.1. The van der Waals surface area contributed by atoms with Crippen LogP contribution in [0.25, 0.3) is 0 Å². The monoisotopic (exact) mass is 731 g/mol. The molecule has 13 nitrogen and oxygen atoms in total. The maximum atomic E-state index is 11.7. The zero-order chi connectivity index (χ0) is 36.1. The van der Waals surface area contributed by atoms with Crippen molar-refractivity contribution in [3.8, 4) is 0 Å². The number of rotatable bonds is 15. The third kappa shape index (κ3) is 33.3. The van der Waals surface area contributed by atoms with Crippen LogP contribution in [0.4, 0.5) is 14.4 Å². The van der Waals surface area contributed by atoms with Gasteiger partial charge in [-0.15, -0.1) is 25.3 Å². The van der Waals surface area contributed by atoms with Gasteiger partial charge in [-0.05, 0) is 74.5 Å². The highest BCUT2D eigenvalue weighted by Gasteiger charge is 2.18. The molecule has 0 aromatic rings. The van der Waals surface area contributed by atoms with E-state index in [1.54, 1.807) is 62.3 Å². The van der Waals surface area contributed by atoms with Crippen LogP contribution in [-0.4, -0.2) is 98.3 Å². The topological polar surface area (TPSA) is 179 Å². The first kappa shape index (κ1) is 46.0. The van der Waals surface area contributed by atoms with Crippen molar-refractivity contribution in [1.82, 2.24) is 16.0 Å². The summed E-state index contributed by atoms with van der Waals surface area (Å²) in [4.78, 5) is 56.3. The lowest BCUT2D eigenvalue weighted by Gasteiger charge is -2.21. The summed E-state index contributed by atoms with van der Waals surface area (Å²) in [5.74, 6) is 0.920. The number of hydrogen-bond donors (Lipinski definition) is 6. The fraction of sp³-hybridized carbons (Fsp3) is 0.759. The first-order valence-electron chi connectivity index (χ1n) is 14.6. The minimum Gasteiger partial charge on any atom is -0.485 e. The van der Waals surface area contributed by atoms with E-state index in [2.05, 4.69) is 41.2 Å². The van der Waals surface area contributed by atoms with E-state index in [0.29, 0.717) is 42.6 Å². The van der Waals surface area contributed by atoms with Crippen molar-refractivity contribution in [2.24, 2.45) is 0 Å². The van der Waals surface area contributed by atoms with Crippen molar-refractivity contribution in [1.29, 1.82) is 0 Å². The molecular weight excluding hydrogens is 679 g/mol. The van der Waals surface area contributed by atoms with Gasteiger partial charge in [-0.2, -0.15) is 10.5 Å². The molecule has 0 fully saturated rings. The Labute approximate surface area is 292 Å². The van der Waals surface area contributed by atoms with Crippen LogP contribution in [0.5, 0.6) is 0 Å². The molecule has 0 radical (unpaired) electrons. The number of carbonyl (C=O) groups excluding carboxylic acids is 5. The Hall–Kier alpha value is -2.08. The fourth-order valence-corrected chi connectivity index (χ4v) is 4.96. The lowest BCUT2D eigenvalue weighted by atomic mass is 10.2.